The van der Waals surface area contributed by atoms with E-state index >= 15 is 0 Å². The van der Waals surface area contributed by atoms with Crippen LogP contribution >= 0.6 is 11.3 Å². The predicted molar refractivity (Wildman–Crippen MR) is 126 cm³/mol. The first-order valence-corrected chi connectivity index (χ1v) is 11.3. The fraction of sp³-hybridized carbons (Fsp3) is 0.250. The Hall–Kier alpha value is -3.52. The molecule has 4 aromatic rings. The van der Waals surface area contributed by atoms with Crippen molar-refractivity contribution in [2.45, 2.75) is 27.7 Å². The van der Waals surface area contributed by atoms with E-state index in [4.69, 9.17) is 4.52 Å². The average molecular weight is 449 g/mol. The number of hydrogen-bond acceptors (Lipinski definition) is 6. The normalized spacial score (nSPS) is 11.0. The zero-order valence-electron chi connectivity index (χ0n) is 18.4. The lowest BCUT2D eigenvalue weighted by atomic mass is 10.1. The molecule has 0 aliphatic heterocycles. The van der Waals surface area contributed by atoms with E-state index < -0.39 is 0 Å². The average Bonchev–Trinajstić information content (AvgIpc) is 3.39. The molecule has 0 fully saturated rings. The molecule has 3 heterocycles. The SMILES string of the molecule is CCN(CC)C(=O)c1cccc(NC(=O)c2cc(-c3ccc(C)s3)nc3onc(C)c23)c1. The quantitative estimate of drug-likeness (QED) is 0.432. The monoisotopic (exact) mass is 448 g/mol. The third kappa shape index (κ3) is 4.13. The van der Waals surface area contributed by atoms with Crippen molar-refractivity contribution in [1.29, 1.82) is 0 Å². The summed E-state index contributed by atoms with van der Waals surface area (Å²) in [5.41, 5.74) is 3.07. The summed E-state index contributed by atoms with van der Waals surface area (Å²) in [7, 11) is 0. The van der Waals surface area contributed by atoms with Crippen molar-refractivity contribution in [3.05, 3.63) is 64.2 Å². The molecule has 2 amide bonds. The predicted octanol–water partition coefficient (Wildman–Crippen LogP) is 5.30. The number of carbonyl (C=O) groups is 2. The highest BCUT2D eigenvalue weighted by Crippen LogP contribution is 2.31. The van der Waals surface area contributed by atoms with Gasteiger partial charge in [0.1, 0.15) is 0 Å². The van der Waals surface area contributed by atoms with Crippen LogP contribution in [0.2, 0.25) is 0 Å². The Morgan fingerprint density at radius 3 is 2.56 bits per heavy atom. The van der Waals surface area contributed by atoms with Gasteiger partial charge in [0.25, 0.3) is 17.5 Å². The maximum atomic E-state index is 13.3. The number of hydrogen-bond donors (Lipinski definition) is 1. The van der Waals surface area contributed by atoms with Crippen LogP contribution in [0, 0.1) is 13.8 Å². The number of pyridine rings is 1. The number of nitrogens with zero attached hydrogens (tertiary/aromatic N) is 3. The van der Waals surface area contributed by atoms with Gasteiger partial charge in [0.15, 0.2) is 0 Å². The van der Waals surface area contributed by atoms with Crippen molar-refractivity contribution in [2.75, 3.05) is 18.4 Å². The van der Waals surface area contributed by atoms with Gasteiger partial charge >= 0.3 is 0 Å². The molecule has 7 nitrogen and oxygen atoms in total. The summed E-state index contributed by atoms with van der Waals surface area (Å²) < 4.78 is 5.37. The molecule has 4 rings (SSSR count). The van der Waals surface area contributed by atoms with Gasteiger partial charge in [-0.25, -0.2) is 4.98 Å². The number of anilines is 1. The smallest absolute Gasteiger partial charge is 0.259 e. The largest absolute Gasteiger partial charge is 0.339 e. The highest BCUT2D eigenvalue weighted by molar-refractivity contribution is 7.15. The third-order valence-electron chi connectivity index (χ3n) is 5.27. The van der Waals surface area contributed by atoms with Gasteiger partial charge < -0.3 is 14.7 Å². The summed E-state index contributed by atoms with van der Waals surface area (Å²) in [4.78, 5) is 34.4. The van der Waals surface area contributed by atoms with Crippen molar-refractivity contribution in [2.24, 2.45) is 0 Å². The van der Waals surface area contributed by atoms with Crippen LogP contribution < -0.4 is 5.32 Å². The van der Waals surface area contributed by atoms with E-state index in [0.29, 0.717) is 52.4 Å². The fourth-order valence-electron chi connectivity index (χ4n) is 3.59. The number of thiophene rings is 1. The van der Waals surface area contributed by atoms with E-state index in [-0.39, 0.29) is 11.8 Å². The molecule has 0 unspecified atom stereocenters. The van der Waals surface area contributed by atoms with Crippen LogP contribution in [0.15, 0.2) is 47.0 Å². The fourth-order valence-corrected chi connectivity index (χ4v) is 4.42. The second-order valence-electron chi connectivity index (χ2n) is 7.43. The third-order valence-corrected chi connectivity index (χ3v) is 6.30. The Balaban J connectivity index is 1.69. The lowest BCUT2D eigenvalue weighted by Crippen LogP contribution is -2.30. The number of fused-ring (bicyclic) bond motifs is 1. The van der Waals surface area contributed by atoms with Crippen LogP contribution in [0.1, 0.15) is 45.1 Å². The second-order valence-corrected chi connectivity index (χ2v) is 8.71. The number of carbonyl (C=O) groups excluding carboxylic acids is 2. The molecular formula is C24H24N4O3S. The molecule has 1 N–H and O–H groups in total. The van der Waals surface area contributed by atoms with Gasteiger partial charge in [-0.05, 0) is 64.1 Å². The van der Waals surface area contributed by atoms with E-state index in [0.717, 1.165) is 9.75 Å². The molecule has 0 aliphatic carbocycles. The van der Waals surface area contributed by atoms with Crippen LogP contribution in [0.5, 0.6) is 0 Å². The van der Waals surface area contributed by atoms with Crippen molar-refractivity contribution in [1.82, 2.24) is 15.0 Å². The van der Waals surface area contributed by atoms with E-state index in [1.54, 1.807) is 53.5 Å². The van der Waals surface area contributed by atoms with E-state index in [2.05, 4.69) is 15.5 Å². The number of amides is 2. The molecule has 8 heteroatoms. The lowest BCUT2D eigenvalue weighted by Gasteiger charge is -2.19. The highest BCUT2D eigenvalue weighted by Gasteiger charge is 2.21. The van der Waals surface area contributed by atoms with E-state index in [1.807, 2.05) is 32.9 Å². The Labute approximate surface area is 190 Å². The summed E-state index contributed by atoms with van der Waals surface area (Å²) in [6, 6.07) is 12.7. The van der Waals surface area contributed by atoms with Crippen LogP contribution in [-0.4, -0.2) is 39.9 Å². The molecule has 0 saturated heterocycles. The van der Waals surface area contributed by atoms with Crippen molar-refractivity contribution >= 4 is 39.9 Å². The number of benzene rings is 1. The Morgan fingerprint density at radius 1 is 1.09 bits per heavy atom. The number of rotatable bonds is 6. The standard InChI is InChI=1S/C24H24N4O3S/c1-5-28(6-2)24(30)16-8-7-9-17(12-16)25-22(29)18-13-19(20-11-10-14(3)32-20)26-23-21(18)15(4)27-31-23/h7-13H,5-6H2,1-4H3,(H,25,29). The van der Waals surface area contributed by atoms with Gasteiger partial charge in [-0.2, -0.15) is 0 Å². The minimum atomic E-state index is -0.314. The molecule has 0 bridgehead atoms. The van der Waals surface area contributed by atoms with Crippen molar-refractivity contribution < 1.29 is 14.1 Å². The highest BCUT2D eigenvalue weighted by atomic mass is 32.1. The Bertz CT molecular complexity index is 1300. The van der Waals surface area contributed by atoms with Gasteiger partial charge in [0, 0.05) is 29.2 Å². The molecule has 0 aliphatic rings. The summed E-state index contributed by atoms with van der Waals surface area (Å²) in [6.07, 6.45) is 0. The molecule has 0 saturated carbocycles. The van der Waals surface area contributed by atoms with Crippen molar-refractivity contribution in [3.8, 4) is 10.6 Å². The summed E-state index contributed by atoms with van der Waals surface area (Å²) >= 11 is 1.59. The van der Waals surface area contributed by atoms with Gasteiger partial charge in [-0.15, -0.1) is 11.3 Å². The minimum absolute atomic E-state index is 0.0670. The molecule has 0 spiro atoms. The van der Waals surface area contributed by atoms with Gasteiger partial charge in [-0.1, -0.05) is 11.2 Å². The lowest BCUT2D eigenvalue weighted by molar-refractivity contribution is 0.0772. The van der Waals surface area contributed by atoms with Gasteiger partial charge in [-0.3, -0.25) is 9.59 Å². The van der Waals surface area contributed by atoms with Gasteiger partial charge in [0.2, 0.25) is 0 Å². The Morgan fingerprint density at radius 2 is 1.88 bits per heavy atom. The van der Waals surface area contributed by atoms with Crippen LogP contribution in [0.4, 0.5) is 5.69 Å². The Kier molecular flexibility index (Phi) is 6.05. The maximum absolute atomic E-state index is 13.3. The summed E-state index contributed by atoms with van der Waals surface area (Å²) in [5, 5.41) is 7.49. The molecule has 32 heavy (non-hydrogen) atoms. The van der Waals surface area contributed by atoms with Crippen LogP contribution in [0.25, 0.3) is 21.7 Å². The second kappa shape index (κ2) is 8.92. The zero-order chi connectivity index (χ0) is 22.8. The van der Waals surface area contributed by atoms with Crippen molar-refractivity contribution in [3.63, 3.8) is 0 Å². The maximum Gasteiger partial charge on any atom is 0.259 e. The number of aryl methyl sites for hydroxylation is 2. The topological polar surface area (TPSA) is 88.3 Å². The molecule has 1 aromatic carbocycles. The first-order valence-electron chi connectivity index (χ1n) is 10.5. The van der Waals surface area contributed by atoms with Gasteiger partial charge in [0.05, 0.1) is 27.2 Å². The minimum Gasteiger partial charge on any atom is -0.339 e. The molecule has 0 atom stereocenters. The summed E-state index contributed by atoms with van der Waals surface area (Å²) in [5.74, 6) is -0.381. The summed E-state index contributed by atoms with van der Waals surface area (Å²) in [6.45, 7) is 8.93. The molecular weight excluding hydrogens is 424 g/mol. The van der Waals surface area contributed by atoms with Crippen LogP contribution in [-0.2, 0) is 0 Å². The zero-order valence-corrected chi connectivity index (χ0v) is 19.2. The number of nitrogens with one attached hydrogen (secondary N) is 1. The first kappa shape index (κ1) is 21.7. The first-order chi connectivity index (χ1) is 15.4. The molecule has 0 radical (unpaired) electrons. The molecule has 164 valence electrons. The van der Waals surface area contributed by atoms with E-state index in [9.17, 15) is 9.59 Å². The molecule has 3 aromatic heterocycles. The van der Waals surface area contributed by atoms with Crippen LogP contribution in [0.3, 0.4) is 0 Å². The van der Waals surface area contributed by atoms with E-state index in [1.165, 1.54) is 0 Å². The number of aromatic nitrogens is 2.